The molecule has 5 heteroatoms. The first kappa shape index (κ1) is 17.4. The van der Waals surface area contributed by atoms with Crippen molar-refractivity contribution in [2.24, 2.45) is 0 Å². The molecule has 0 saturated carbocycles. The van der Waals surface area contributed by atoms with Crippen LogP contribution >= 0.6 is 0 Å². The molecule has 0 aromatic carbocycles. The summed E-state index contributed by atoms with van der Waals surface area (Å²) in [5, 5.41) is 0. The van der Waals surface area contributed by atoms with E-state index in [0.717, 1.165) is 49.9 Å². The predicted molar refractivity (Wildman–Crippen MR) is 91.6 cm³/mol. The molecule has 0 N–H and O–H groups in total. The Hall–Kier alpha value is -1.46. The summed E-state index contributed by atoms with van der Waals surface area (Å²) in [6.07, 6.45) is 8.41. The lowest BCUT2D eigenvalue weighted by Gasteiger charge is -2.53. The molecular formula is C19H28N2O3. The van der Waals surface area contributed by atoms with E-state index in [9.17, 15) is 4.79 Å². The van der Waals surface area contributed by atoms with Crippen LogP contribution in [-0.4, -0.2) is 47.2 Å². The minimum atomic E-state index is -0.171. The molecule has 1 unspecified atom stereocenters. The molecule has 2 fully saturated rings. The van der Waals surface area contributed by atoms with Crippen LogP contribution in [0.5, 0.6) is 0 Å². The van der Waals surface area contributed by atoms with Crippen molar-refractivity contribution in [3.05, 3.63) is 29.6 Å². The second kappa shape index (κ2) is 7.62. The van der Waals surface area contributed by atoms with Gasteiger partial charge in [0.1, 0.15) is 5.60 Å². The van der Waals surface area contributed by atoms with Crippen LogP contribution < -0.4 is 0 Å². The average Bonchev–Trinajstić information content (AvgIpc) is 2.56. The van der Waals surface area contributed by atoms with Gasteiger partial charge in [-0.15, -0.1) is 0 Å². The topological polar surface area (TPSA) is 51.7 Å². The predicted octanol–water partition coefficient (Wildman–Crippen LogP) is 2.86. The molecule has 1 atom stereocenters. The molecule has 3 heterocycles. The molecular weight excluding hydrogens is 304 g/mol. The first-order valence-electron chi connectivity index (χ1n) is 9.04. The van der Waals surface area contributed by atoms with Crippen LogP contribution in [0.25, 0.3) is 0 Å². The molecule has 24 heavy (non-hydrogen) atoms. The minimum Gasteiger partial charge on any atom is -0.373 e. The third-order valence-electron chi connectivity index (χ3n) is 4.92. The highest BCUT2D eigenvalue weighted by molar-refractivity contribution is 5.77. The van der Waals surface area contributed by atoms with Crippen LogP contribution in [0.1, 0.15) is 50.2 Å². The zero-order chi connectivity index (χ0) is 17.0. The second-order valence-electron chi connectivity index (χ2n) is 7.18. The molecule has 2 saturated heterocycles. The number of carbonyl (C=O) groups excluding carboxylic acids is 1. The molecule has 0 bridgehead atoms. The van der Waals surface area contributed by atoms with Gasteiger partial charge in [0, 0.05) is 31.8 Å². The largest absolute Gasteiger partial charge is 0.373 e. The normalized spacial score (nSPS) is 22.4. The third-order valence-corrected chi connectivity index (χ3v) is 4.92. The monoisotopic (exact) mass is 332 g/mol. The fourth-order valence-corrected chi connectivity index (χ4v) is 3.57. The lowest BCUT2D eigenvalue weighted by molar-refractivity contribution is -0.202. The zero-order valence-electron chi connectivity index (χ0n) is 14.8. The number of unbranched alkanes of at least 4 members (excludes halogenated alkanes) is 1. The highest BCUT2D eigenvalue weighted by atomic mass is 16.5. The van der Waals surface area contributed by atoms with Crippen molar-refractivity contribution >= 4 is 5.91 Å². The first-order chi connectivity index (χ1) is 11.6. The summed E-state index contributed by atoms with van der Waals surface area (Å²) < 4.78 is 12.1. The standard InChI is InChI=1S/C19H28N2O3/c1-3-4-5-18(22)21-13-19(14-21)9-17(6-7-24-19)23-12-16-8-15(2)10-20-11-16/h8,10-11,17H,3-7,9,12-14H2,1-2H3. The Morgan fingerprint density at radius 1 is 1.46 bits per heavy atom. The number of carbonyl (C=O) groups is 1. The molecule has 1 aromatic rings. The van der Waals surface area contributed by atoms with Crippen molar-refractivity contribution in [2.45, 2.75) is 64.3 Å². The van der Waals surface area contributed by atoms with Gasteiger partial charge in [-0.3, -0.25) is 9.78 Å². The van der Waals surface area contributed by atoms with Gasteiger partial charge in [0.2, 0.25) is 5.91 Å². The molecule has 5 nitrogen and oxygen atoms in total. The van der Waals surface area contributed by atoms with Crippen LogP contribution in [0.2, 0.25) is 0 Å². The summed E-state index contributed by atoms with van der Waals surface area (Å²) in [6.45, 7) is 6.91. The molecule has 1 amide bonds. The van der Waals surface area contributed by atoms with Gasteiger partial charge in [0.15, 0.2) is 0 Å². The second-order valence-corrected chi connectivity index (χ2v) is 7.18. The number of aryl methyl sites for hydroxylation is 1. The lowest BCUT2D eigenvalue weighted by atomic mass is 9.84. The summed E-state index contributed by atoms with van der Waals surface area (Å²) >= 11 is 0. The molecule has 2 aliphatic heterocycles. The highest BCUT2D eigenvalue weighted by Gasteiger charge is 2.49. The van der Waals surface area contributed by atoms with Gasteiger partial charge >= 0.3 is 0 Å². The van der Waals surface area contributed by atoms with Gasteiger partial charge in [-0.1, -0.05) is 19.4 Å². The molecule has 0 radical (unpaired) electrons. The Kier molecular flexibility index (Phi) is 5.51. The average molecular weight is 332 g/mol. The summed E-state index contributed by atoms with van der Waals surface area (Å²) in [7, 11) is 0. The molecule has 1 aromatic heterocycles. The van der Waals surface area contributed by atoms with Gasteiger partial charge in [-0.25, -0.2) is 0 Å². The maximum atomic E-state index is 12.1. The van der Waals surface area contributed by atoms with Crippen molar-refractivity contribution in [2.75, 3.05) is 19.7 Å². The van der Waals surface area contributed by atoms with E-state index in [1.54, 1.807) is 0 Å². The van der Waals surface area contributed by atoms with Crippen LogP contribution in [-0.2, 0) is 20.9 Å². The van der Waals surface area contributed by atoms with Crippen LogP contribution in [0.15, 0.2) is 18.5 Å². The maximum absolute atomic E-state index is 12.1. The number of ether oxygens (including phenoxy) is 2. The van der Waals surface area contributed by atoms with Gasteiger partial charge in [-0.05, 0) is 30.9 Å². The lowest BCUT2D eigenvalue weighted by Crippen LogP contribution is -2.67. The highest BCUT2D eigenvalue weighted by Crippen LogP contribution is 2.36. The van der Waals surface area contributed by atoms with E-state index in [-0.39, 0.29) is 17.6 Å². The summed E-state index contributed by atoms with van der Waals surface area (Å²) in [5.41, 5.74) is 2.09. The fourth-order valence-electron chi connectivity index (χ4n) is 3.57. The number of rotatable bonds is 6. The number of hydrogen-bond acceptors (Lipinski definition) is 4. The number of likely N-dealkylation sites (tertiary alicyclic amines) is 1. The quantitative estimate of drug-likeness (QED) is 0.804. The van der Waals surface area contributed by atoms with Gasteiger partial charge in [0.25, 0.3) is 0 Å². The van der Waals surface area contributed by atoms with E-state index in [1.165, 1.54) is 0 Å². The summed E-state index contributed by atoms with van der Waals surface area (Å²) in [5.74, 6) is 0.264. The number of pyridine rings is 1. The number of nitrogens with zero attached hydrogens (tertiary/aromatic N) is 2. The van der Waals surface area contributed by atoms with E-state index < -0.39 is 0 Å². The Bertz CT molecular complexity index is 569. The van der Waals surface area contributed by atoms with Crippen molar-refractivity contribution in [3.8, 4) is 0 Å². The Labute approximate surface area is 144 Å². The minimum absolute atomic E-state index is 0.171. The first-order valence-corrected chi connectivity index (χ1v) is 9.04. The van der Waals surface area contributed by atoms with E-state index >= 15 is 0 Å². The van der Waals surface area contributed by atoms with Crippen molar-refractivity contribution in [3.63, 3.8) is 0 Å². The molecule has 1 spiro atoms. The van der Waals surface area contributed by atoms with E-state index in [1.807, 2.05) is 24.2 Å². The smallest absolute Gasteiger partial charge is 0.222 e. The molecule has 0 aliphatic carbocycles. The molecule has 3 rings (SSSR count). The molecule has 132 valence electrons. The van der Waals surface area contributed by atoms with Gasteiger partial charge in [0.05, 0.1) is 25.8 Å². The Morgan fingerprint density at radius 2 is 2.29 bits per heavy atom. The maximum Gasteiger partial charge on any atom is 0.222 e. The SMILES string of the molecule is CCCCC(=O)N1CC2(CC(OCc3cncc(C)c3)CCO2)C1. The van der Waals surface area contributed by atoms with Crippen molar-refractivity contribution in [1.29, 1.82) is 0 Å². The summed E-state index contributed by atoms with van der Waals surface area (Å²) in [6, 6.07) is 2.11. The van der Waals surface area contributed by atoms with E-state index in [4.69, 9.17) is 9.47 Å². The number of aromatic nitrogens is 1. The third kappa shape index (κ3) is 4.14. The van der Waals surface area contributed by atoms with Crippen molar-refractivity contribution in [1.82, 2.24) is 9.88 Å². The number of amides is 1. The van der Waals surface area contributed by atoms with Crippen molar-refractivity contribution < 1.29 is 14.3 Å². The number of hydrogen-bond donors (Lipinski definition) is 0. The zero-order valence-corrected chi connectivity index (χ0v) is 14.8. The van der Waals surface area contributed by atoms with Crippen LogP contribution in [0.4, 0.5) is 0 Å². The van der Waals surface area contributed by atoms with E-state index in [0.29, 0.717) is 19.6 Å². The van der Waals surface area contributed by atoms with Crippen LogP contribution in [0, 0.1) is 6.92 Å². The fraction of sp³-hybridized carbons (Fsp3) is 0.684. The van der Waals surface area contributed by atoms with E-state index in [2.05, 4.69) is 18.0 Å². The summed E-state index contributed by atoms with van der Waals surface area (Å²) in [4.78, 5) is 18.2. The molecule has 2 aliphatic rings. The Balaban J connectivity index is 1.46. The van der Waals surface area contributed by atoms with Gasteiger partial charge in [-0.2, -0.15) is 0 Å². The van der Waals surface area contributed by atoms with Gasteiger partial charge < -0.3 is 14.4 Å². The Morgan fingerprint density at radius 3 is 3.04 bits per heavy atom. The van der Waals surface area contributed by atoms with Crippen LogP contribution in [0.3, 0.4) is 0 Å².